The Hall–Kier alpha value is -9.47. The molecule has 1 heterocycles. The first-order chi connectivity index (χ1) is 47.5. The van der Waals surface area contributed by atoms with Crippen LogP contribution in [0.4, 0.5) is 0 Å². The first kappa shape index (κ1) is 70.3. The van der Waals surface area contributed by atoms with Crippen molar-refractivity contribution in [3.05, 3.63) is 406 Å². The average molecular weight is 1420 g/mol. The van der Waals surface area contributed by atoms with Crippen LogP contribution in [0, 0.1) is 0 Å². The monoisotopic (exact) mass is 1420 g/mol. The number of benzene rings is 14. The molecule has 0 aliphatic carbocycles. The molecular formula is C88H75NO3P4Pd. The van der Waals surface area contributed by atoms with E-state index in [-0.39, 0.29) is 31.9 Å². The average Bonchev–Trinajstić information content (AvgIpc) is 1.63. The first-order valence-electron chi connectivity index (χ1n) is 32.2. The van der Waals surface area contributed by atoms with Gasteiger partial charge in [-0.3, -0.25) is 0 Å². The van der Waals surface area contributed by atoms with Crippen molar-refractivity contribution < 1.29 is 35.1 Å². The third-order valence-corrected chi connectivity index (χ3v) is 25.1. The van der Waals surface area contributed by atoms with E-state index in [1.165, 1.54) is 63.7 Å². The van der Waals surface area contributed by atoms with E-state index in [0.717, 1.165) is 24.0 Å². The molecule has 0 spiro atoms. The number of phenols is 2. The van der Waals surface area contributed by atoms with Crippen LogP contribution in [0.15, 0.2) is 405 Å². The molecule has 0 saturated carbocycles. The smallest absolute Gasteiger partial charge is 0.227 e. The van der Waals surface area contributed by atoms with Gasteiger partial charge in [0.05, 0.1) is 0 Å². The van der Waals surface area contributed by atoms with Gasteiger partial charge in [0.1, 0.15) is 17.0 Å². The maximum atomic E-state index is 9.74. The van der Waals surface area contributed by atoms with E-state index in [1.807, 2.05) is 0 Å². The predicted octanol–water partition coefficient (Wildman–Crippen LogP) is 17.6. The zero-order chi connectivity index (χ0) is 65.8. The second-order valence-corrected chi connectivity index (χ2v) is 31.0. The summed E-state index contributed by atoms with van der Waals surface area (Å²) in [6, 6.07) is 139. The summed E-state index contributed by atoms with van der Waals surface area (Å²) in [5, 5.41) is 35.8. The second-order valence-electron chi connectivity index (χ2n) is 22.1. The van der Waals surface area contributed by atoms with Crippen molar-refractivity contribution in [2.24, 2.45) is 0 Å². The van der Waals surface area contributed by atoms with Gasteiger partial charge < -0.3 is 14.6 Å². The third kappa shape index (κ3) is 20.1. The Morgan fingerprint density at radius 2 is 0.474 bits per heavy atom. The molecule has 480 valence electrons. The molecule has 97 heavy (non-hydrogen) atoms. The fourth-order valence-electron chi connectivity index (χ4n) is 11.0. The van der Waals surface area contributed by atoms with Gasteiger partial charge in [0.15, 0.2) is 5.58 Å². The van der Waals surface area contributed by atoms with Crippen molar-refractivity contribution in [1.29, 1.82) is 0 Å². The number of hydrogen-bond acceptors (Lipinski definition) is 4. The summed E-state index contributed by atoms with van der Waals surface area (Å²) in [7, 11) is -1.78. The SMILES string of the molecule is CCCc1cc(O)cc2nc(-c3ccc(O)cc3)oc12.[Pd].c1ccc(P(c2ccccc2)c2ccccc2)cc1.c1ccc(P(c2ccccc2)c2ccccc2)cc1.c1ccc(P(c2ccccc2)c2ccccc2)cc1.c1ccc(P(c2ccccc2)c2ccccc2)cc1. The molecule has 15 aromatic rings. The van der Waals surface area contributed by atoms with Gasteiger partial charge in [-0.15, -0.1) is 0 Å². The molecule has 0 aliphatic heterocycles. The van der Waals surface area contributed by atoms with E-state index >= 15 is 0 Å². The molecule has 1 aromatic heterocycles. The number of phenolic OH excluding ortho intramolecular Hbond substituents is 2. The first-order valence-corrected chi connectivity index (χ1v) is 37.6. The molecule has 0 amide bonds. The summed E-state index contributed by atoms with van der Waals surface area (Å²) in [4.78, 5) is 4.41. The number of aromatic hydroxyl groups is 2. The second kappa shape index (κ2) is 37.7. The van der Waals surface area contributed by atoms with Gasteiger partial charge in [-0.05, 0) is 132 Å². The van der Waals surface area contributed by atoms with E-state index in [9.17, 15) is 10.2 Å². The van der Waals surface area contributed by atoms with Gasteiger partial charge in [-0.1, -0.05) is 377 Å². The molecule has 0 radical (unpaired) electrons. The van der Waals surface area contributed by atoms with Crippen LogP contribution in [0.5, 0.6) is 11.5 Å². The topological polar surface area (TPSA) is 66.5 Å². The van der Waals surface area contributed by atoms with Crippen molar-refractivity contribution in [3.8, 4) is 23.0 Å². The molecule has 14 aromatic carbocycles. The summed E-state index contributed by atoms with van der Waals surface area (Å²) in [5.74, 6) is 0.892. The maximum absolute atomic E-state index is 9.74. The molecule has 4 nitrogen and oxygen atoms in total. The normalized spacial score (nSPS) is 10.6. The number of hydrogen-bond donors (Lipinski definition) is 2. The van der Waals surface area contributed by atoms with Crippen molar-refractivity contribution in [2.75, 3.05) is 0 Å². The zero-order valence-electron chi connectivity index (χ0n) is 53.9. The van der Waals surface area contributed by atoms with Gasteiger partial charge in [-0.2, -0.15) is 0 Å². The van der Waals surface area contributed by atoms with Gasteiger partial charge in [0.25, 0.3) is 0 Å². The fourth-order valence-corrected chi connectivity index (χ4v) is 20.2. The zero-order valence-corrected chi connectivity index (χ0v) is 59.0. The number of aromatic nitrogens is 1. The number of fused-ring (bicyclic) bond motifs is 1. The van der Waals surface area contributed by atoms with E-state index in [0.29, 0.717) is 17.0 Å². The van der Waals surface area contributed by atoms with E-state index < -0.39 is 31.7 Å². The van der Waals surface area contributed by atoms with Crippen LogP contribution in [0.2, 0.25) is 0 Å². The molecule has 0 bridgehead atoms. The summed E-state index contributed by atoms with van der Waals surface area (Å²) in [6.07, 6.45) is 1.79. The standard InChI is InChI=1S/4C18H15P.C16H15NO3.Pd/c4*1-4-10-16(11-5-1)19(17-12-6-2-7-13-17)18-14-8-3-9-15-18;1-2-3-11-8-13(19)9-14-15(11)20-16(17-14)10-4-6-12(18)7-5-10;/h4*1-15H;4-9,18-19H,2-3H2,1H3;. The summed E-state index contributed by atoms with van der Waals surface area (Å²) >= 11 is 0. The molecule has 0 saturated heterocycles. The Kier molecular flexibility index (Phi) is 27.4. The van der Waals surface area contributed by atoms with Crippen molar-refractivity contribution in [2.45, 2.75) is 19.8 Å². The van der Waals surface area contributed by atoms with Crippen LogP contribution in [0.1, 0.15) is 18.9 Å². The molecule has 9 heteroatoms. The maximum Gasteiger partial charge on any atom is 0.227 e. The summed E-state index contributed by atoms with van der Waals surface area (Å²) < 4.78 is 5.83. The minimum atomic E-state index is -0.446. The van der Waals surface area contributed by atoms with Crippen molar-refractivity contribution in [3.63, 3.8) is 0 Å². The number of aryl methyl sites for hydroxylation is 1. The molecule has 0 aliphatic rings. The summed E-state index contributed by atoms with van der Waals surface area (Å²) in [5.41, 5.74) is 3.12. The van der Waals surface area contributed by atoms with Crippen LogP contribution in [-0.4, -0.2) is 15.2 Å². The van der Waals surface area contributed by atoms with Gasteiger partial charge in [0, 0.05) is 37.6 Å². The minimum absolute atomic E-state index is 0. The molecule has 15 rings (SSSR count). The van der Waals surface area contributed by atoms with Gasteiger partial charge in [0.2, 0.25) is 5.89 Å². The van der Waals surface area contributed by atoms with Crippen molar-refractivity contribution in [1.82, 2.24) is 4.98 Å². The van der Waals surface area contributed by atoms with E-state index in [1.54, 1.807) is 36.4 Å². The van der Waals surface area contributed by atoms with Crippen molar-refractivity contribution >= 4 is 106 Å². The summed E-state index contributed by atoms with van der Waals surface area (Å²) in [6.45, 7) is 2.08. The van der Waals surface area contributed by atoms with Crippen LogP contribution in [0.3, 0.4) is 0 Å². The van der Waals surface area contributed by atoms with Crippen LogP contribution < -0.4 is 63.7 Å². The third-order valence-electron chi connectivity index (χ3n) is 15.4. The van der Waals surface area contributed by atoms with Crippen LogP contribution >= 0.6 is 31.7 Å². The van der Waals surface area contributed by atoms with E-state index in [4.69, 9.17) is 4.42 Å². The Bertz CT molecular complexity index is 3790. The van der Waals surface area contributed by atoms with Gasteiger partial charge >= 0.3 is 0 Å². The van der Waals surface area contributed by atoms with Crippen LogP contribution in [-0.2, 0) is 26.8 Å². The molecule has 0 atom stereocenters. The number of rotatable bonds is 15. The fraction of sp³-hybridized carbons (Fsp3) is 0.0341. The number of nitrogens with zero attached hydrogens (tertiary/aromatic N) is 1. The van der Waals surface area contributed by atoms with Gasteiger partial charge in [-0.25, -0.2) is 4.98 Å². The Morgan fingerprint density at radius 1 is 0.268 bits per heavy atom. The quantitative estimate of drug-likeness (QED) is 0.0793. The predicted molar refractivity (Wildman–Crippen MR) is 417 cm³/mol. The molecule has 0 unspecified atom stereocenters. The van der Waals surface area contributed by atoms with E-state index in [2.05, 4.69) is 376 Å². The Morgan fingerprint density at radius 3 is 0.670 bits per heavy atom. The minimum Gasteiger partial charge on any atom is -0.508 e. The Balaban J connectivity index is 0.000000131. The Labute approximate surface area is 590 Å². The number of oxazole rings is 1. The molecule has 0 fully saturated rings. The molecular weight excluding hydrogens is 1350 g/mol. The largest absolute Gasteiger partial charge is 0.508 e. The van der Waals surface area contributed by atoms with Crippen LogP contribution in [0.25, 0.3) is 22.6 Å². The molecule has 2 N–H and O–H groups in total.